The van der Waals surface area contributed by atoms with E-state index in [0.717, 1.165) is 52.2 Å². The summed E-state index contributed by atoms with van der Waals surface area (Å²) in [5.74, 6) is 1.30. The van der Waals surface area contributed by atoms with Crippen LogP contribution >= 0.6 is 0 Å². The van der Waals surface area contributed by atoms with Gasteiger partial charge in [-0.25, -0.2) is 4.98 Å². The van der Waals surface area contributed by atoms with Gasteiger partial charge in [-0.3, -0.25) is 4.57 Å². The molecule has 2 aromatic heterocycles. The van der Waals surface area contributed by atoms with E-state index in [1.54, 1.807) is 0 Å². The van der Waals surface area contributed by atoms with Gasteiger partial charge in [0.05, 0.1) is 22.1 Å². The summed E-state index contributed by atoms with van der Waals surface area (Å²) in [5.41, 5.74) is 27.8. The fourth-order valence-electron chi connectivity index (χ4n) is 14.0. The van der Waals surface area contributed by atoms with Gasteiger partial charge in [0.25, 0.3) is 0 Å². The lowest BCUT2D eigenvalue weighted by molar-refractivity contribution is 0.661. The molecule has 2 heterocycles. The number of allylic oxidation sites excluding steroid dienone is 8. The Morgan fingerprint density at radius 1 is 0.400 bits per heavy atom. The molecular weight excluding hydrogens is 1030 g/mol. The number of para-hydroxylation sites is 3. The van der Waals surface area contributed by atoms with Gasteiger partial charge in [0.2, 0.25) is 0 Å². The highest BCUT2D eigenvalue weighted by Gasteiger charge is 2.36. The number of hydrogen-bond acceptors (Lipinski definition) is 1. The van der Waals surface area contributed by atoms with Crippen LogP contribution in [-0.4, -0.2) is 14.1 Å². The number of benzene rings is 11. The summed E-state index contributed by atoms with van der Waals surface area (Å²) in [7, 11) is 0. The van der Waals surface area contributed by atoms with Crippen LogP contribution in [0.1, 0.15) is 71.9 Å². The molecule has 0 bridgehead atoms. The predicted octanol–water partition coefficient (Wildman–Crippen LogP) is 21.4. The third kappa shape index (κ3) is 8.85. The van der Waals surface area contributed by atoms with Gasteiger partial charge in [-0.2, -0.15) is 0 Å². The molecular formula is C82H61N3. The second kappa shape index (κ2) is 20.5. The van der Waals surface area contributed by atoms with Gasteiger partial charge < -0.3 is 4.57 Å². The van der Waals surface area contributed by atoms with Crippen molar-refractivity contribution in [3.05, 3.63) is 331 Å². The van der Waals surface area contributed by atoms with Crippen molar-refractivity contribution >= 4 is 44.0 Å². The second-order valence-corrected chi connectivity index (χ2v) is 23.8. The maximum Gasteiger partial charge on any atom is 0.145 e. The van der Waals surface area contributed by atoms with Crippen LogP contribution in [0, 0.1) is 0 Å². The van der Waals surface area contributed by atoms with Crippen molar-refractivity contribution < 1.29 is 0 Å². The third-order valence-corrected chi connectivity index (χ3v) is 18.3. The maximum absolute atomic E-state index is 5.44. The van der Waals surface area contributed by atoms with Crippen LogP contribution in [-0.2, 0) is 5.41 Å². The van der Waals surface area contributed by atoms with E-state index in [2.05, 4.69) is 320 Å². The van der Waals surface area contributed by atoms with Gasteiger partial charge >= 0.3 is 0 Å². The first kappa shape index (κ1) is 50.4. The first-order valence-electron chi connectivity index (χ1n) is 30.0. The number of fused-ring (bicyclic) bond motifs is 7. The molecule has 85 heavy (non-hydrogen) atoms. The fraction of sp³-hybridized carbons (Fsp3) is 0.0854. The molecule has 0 N–H and O–H groups in total. The Balaban J connectivity index is 0.835. The van der Waals surface area contributed by atoms with Crippen LogP contribution in [0.5, 0.6) is 0 Å². The standard InChI is InChI=1S/C82H61N3/c1-82(2)75-34-17-15-32-71(75)73-52-74-72-33-16-19-36-78(72)84(80(74)53-76(73)82)69-40-38-58(39-41-69)81-83-77-35-18-20-37-79(77)85(81)70-31-21-30-59(51-70)64-48-67(65-44-60(54-22-7-3-8-23-54)42-61(45-65)55-24-9-4-10-25-55)50-68(49-64)66-46-62(56-26-11-5-12-27-56)43-63(47-66)57-28-13-6-14-29-57/h3-28,30-44,46-53,57,65H,29,45H2,1-2H3. The Morgan fingerprint density at radius 2 is 1.02 bits per heavy atom. The molecule has 0 saturated heterocycles. The lowest BCUT2D eigenvalue weighted by Crippen LogP contribution is -2.14. The van der Waals surface area contributed by atoms with E-state index in [0.29, 0.717) is 0 Å². The van der Waals surface area contributed by atoms with E-state index < -0.39 is 0 Å². The summed E-state index contributed by atoms with van der Waals surface area (Å²) in [6.07, 6.45) is 15.8. The van der Waals surface area contributed by atoms with Crippen molar-refractivity contribution in [2.75, 3.05) is 0 Å². The third-order valence-electron chi connectivity index (χ3n) is 18.3. The zero-order valence-corrected chi connectivity index (χ0v) is 47.7. The molecule has 16 rings (SSSR count). The summed E-state index contributed by atoms with van der Waals surface area (Å²) in [5, 5.41) is 2.53. The molecule has 404 valence electrons. The second-order valence-electron chi connectivity index (χ2n) is 23.8. The zero-order valence-electron chi connectivity index (χ0n) is 47.7. The van der Waals surface area contributed by atoms with E-state index in [9.17, 15) is 0 Å². The fourth-order valence-corrected chi connectivity index (χ4v) is 14.0. The number of aromatic nitrogens is 3. The Labute approximate surface area is 497 Å². The Hall–Kier alpha value is -10.4. The van der Waals surface area contributed by atoms with Gasteiger partial charge in [-0.15, -0.1) is 0 Å². The molecule has 3 aliphatic rings. The Morgan fingerprint density at radius 3 is 1.76 bits per heavy atom. The van der Waals surface area contributed by atoms with Crippen LogP contribution < -0.4 is 0 Å². The minimum absolute atomic E-state index is 0.111. The van der Waals surface area contributed by atoms with Gasteiger partial charge in [0, 0.05) is 45.0 Å². The lowest BCUT2D eigenvalue weighted by atomic mass is 9.79. The molecule has 0 spiro atoms. The van der Waals surface area contributed by atoms with Crippen molar-refractivity contribution in [3.63, 3.8) is 0 Å². The number of rotatable bonds is 10. The molecule has 3 heteroatoms. The summed E-state index contributed by atoms with van der Waals surface area (Å²) in [6.45, 7) is 4.74. The normalized spacial score (nSPS) is 15.9. The van der Waals surface area contributed by atoms with E-state index in [1.807, 2.05) is 0 Å². The van der Waals surface area contributed by atoms with Gasteiger partial charge in [0.15, 0.2) is 0 Å². The molecule has 0 amide bonds. The highest BCUT2D eigenvalue weighted by Crippen LogP contribution is 2.51. The summed E-state index contributed by atoms with van der Waals surface area (Å²) >= 11 is 0. The SMILES string of the molecule is CC1(C)c2ccccc2-c2cc3c4ccccc4n(-c4ccc(-c5nc6ccccc6n5-c5cccc(-c6cc(-c7cc(-c8ccccc8)cc(C8C=CC=CC8)c7)cc(C7C=C(c8ccccc8)C=C(c8ccccc8)C7)c6)c5)cc4)c3cc21. The van der Waals surface area contributed by atoms with E-state index >= 15 is 0 Å². The molecule has 2 unspecified atom stereocenters. The Kier molecular flexibility index (Phi) is 12.2. The number of imidazole rings is 1. The minimum Gasteiger partial charge on any atom is -0.309 e. The predicted molar refractivity (Wildman–Crippen MR) is 357 cm³/mol. The molecule has 3 aliphatic carbocycles. The average molecular weight is 1090 g/mol. The van der Waals surface area contributed by atoms with Crippen molar-refractivity contribution in [3.8, 4) is 67.3 Å². The Bertz CT molecular complexity index is 4890. The molecule has 0 aliphatic heterocycles. The number of nitrogens with zero attached hydrogens (tertiary/aromatic N) is 3. The molecule has 0 fully saturated rings. The minimum atomic E-state index is -0.112. The van der Waals surface area contributed by atoms with Crippen molar-refractivity contribution in [1.29, 1.82) is 0 Å². The van der Waals surface area contributed by atoms with E-state index in [4.69, 9.17) is 4.98 Å². The maximum atomic E-state index is 5.44. The molecule has 2 atom stereocenters. The summed E-state index contributed by atoms with van der Waals surface area (Å²) in [6, 6.07) is 96.8. The smallest absolute Gasteiger partial charge is 0.145 e. The molecule has 0 radical (unpaired) electrons. The highest BCUT2D eigenvalue weighted by molar-refractivity contribution is 6.11. The summed E-state index contributed by atoms with van der Waals surface area (Å²) < 4.78 is 4.81. The van der Waals surface area contributed by atoms with E-state index in [1.165, 1.54) is 105 Å². The van der Waals surface area contributed by atoms with Gasteiger partial charge in [-0.05, 0) is 181 Å². The quantitative estimate of drug-likeness (QED) is 0.134. The monoisotopic (exact) mass is 1090 g/mol. The molecule has 0 saturated carbocycles. The highest BCUT2D eigenvalue weighted by atomic mass is 15.1. The van der Waals surface area contributed by atoms with Crippen LogP contribution in [0.15, 0.2) is 297 Å². The number of hydrogen-bond donors (Lipinski definition) is 0. The summed E-state index contributed by atoms with van der Waals surface area (Å²) in [4.78, 5) is 5.44. The van der Waals surface area contributed by atoms with Gasteiger partial charge in [-0.1, -0.05) is 232 Å². The first-order chi connectivity index (χ1) is 41.9. The molecule has 13 aromatic rings. The van der Waals surface area contributed by atoms with Crippen LogP contribution in [0.25, 0.3) is 111 Å². The first-order valence-corrected chi connectivity index (χ1v) is 30.0. The van der Waals surface area contributed by atoms with Crippen molar-refractivity contribution in [1.82, 2.24) is 14.1 Å². The van der Waals surface area contributed by atoms with Crippen molar-refractivity contribution in [2.24, 2.45) is 0 Å². The lowest BCUT2D eigenvalue weighted by Gasteiger charge is -2.25. The molecule has 11 aromatic carbocycles. The van der Waals surface area contributed by atoms with Crippen LogP contribution in [0.4, 0.5) is 0 Å². The molecule has 3 nitrogen and oxygen atoms in total. The van der Waals surface area contributed by atoms with Crippen molar-refractivity contribution in [2.45, 2.75) is 43.9 Å². The average Bonchev–Trinajstić information content (AvgIpc) is 1.80. The van der Waals surface area contributed by atoms with Crippen LogP contribution in [0.3, 0.4) is 0 Å². The van der Waals surface area contributed by atoms with Crippen LogP contribution in [0.2, 0.25) is 0 Å². The zero-order chi connectivity index (χ0) is 56.6. The van der Waals surface area contributed by atoms with Gasteiger partial charge in [0.1, 0.15) is 5.82 Å². The topological polar surface area (TPSA) is 22.8 Å². The largest absolute Gasteiger partial charge is 0.309 e. The van der Waals surface area contributed by atoms with E-state index in [-0.39, 0.29) is 17.3 Å².